The SMILES string of the molecule is CC(=O)C=C(C)[O-].CC(=O)C=C(C)[O-].CC(=O)C=C(C)[O-].O.O.O.[Dy+3]. The van der Waals surface area contributed by atoms with E-state index in [1.54, 1.807) is 0 Å². The molecule has 0 fully saturated rings. The summed E-state index contributed by atoms with van der Waals surface area (Å²) in [6.45, 7) is 8.09. The van der Waals surface area contributed by atoms with Crippen molar-refractivity contribution >= 4 is 17.3 Å². The Kier molecular flexibility index (Phi) is 48.4. The van der Waals surface area contributed by atoms with E-state index in [4.69, 9.17) is 0 Å². The maximum absolute atomic E-state index is 9.98. The average molecular weight is 514 g/mol. The number of carbonyl (C=O) groups excluding carboxylic acids is 3. The second kappa shape index (κ2) is 27.6. The number of ketones is 3. The van der Waals surface area contributed by atoms with Gasteiger partial charge in [0, 0.05) is 0 Å². The van der Waals surface area contributed by atoms with Gasteiger partial charge in [0.1, 0.15) is 0 Å². The normalized spacial score (nSPS) is 9.60. The Hall–Kier alpha value is -1.22. The molecule has 25 heavy (non-hydrogen) atoms. The third kappa shape index (κ3) is 84.6. The van der Waals surface area contributed by atoms with Crippen LogP contribution in [0.15, 0.2) is 35.5 Å². The molecule has 151 valence electrons. The van der Waals surface area contributed by atoms with Crippen LogP contribution in [0.3, 0.4) is 0 Å². The average Bonchev–Trinajstić information content (AvgIpc) is 2.10. The first kappa shape index (κ1) is 43.8. The van der Waals surface area contributed by atoms with Gasteiger partial charge in [0.2, 0.25) is 0 Å². The minimum absolute atomic E-state index is 0. The summed E-state index contributed by atoms with van der Waals surface area (Å²) in [5.74, 6) is -1.12. The summed E-state index contributed by atoms with van der Waals surface area (Å²) in [5, 5.41) is 29.9. The fourth-order valence-corrected chi connectivity index (χ4v) is 0.859. The van der Waals surface area contributed by atoms with Crippen LogP contribution in [0.1, 0.15) is 41.5 Å². The molecule has 0 aliphatic rings. The van der Waals surface area contributed by atoms with Crippen molar-refractivity contribution in [2.45, 2.75) is 41.5 Å². The molecule has 0 saturated heterocycles. The molecular formula is C15H27DyO9. The number of rotatable bonds is 3. The van der Waals surface area contributed by atoms with Gasteiger partial charge in [-0.15, -0.1) is 17.3 Å². The zero-order valence-corrected chi connectivity index (χ0v) is 17.0. The molecule has 0 bridgehead atoms. The van der Waals surface area contributed by atoms with Gasteiger partial charge in [-0.1, -0.05) is 20.8 Å². The Bertz CT molecular complexity index is 373. The van der Waals surface area contributed by atoms with Crippen LogP contribution in [0.4, 0.5) is 0 Å². The van der Waals surface area contributed by atoms with Crippen LogP contribution < -0.4 is 15.3 Å². The predicted octanol–water partition coefficient (Wildman–Crippen LogP) is -2.96. The number of allylic oxidation sites excluding steroid dienone is 6. The van der Waals surface area contributed by atoms with Crippen molar-refractivity contribution in [2.75, 3.05) is 0 Å². The number of hydrogen-bond donors (Lipinski definition) is 0. The van der Waals surface area contributed by atoms with Gasteiger partial charge in [-0.25, -0.2) is 0 Å². The molecule has 0 saturated carbocycles. The van der Waals surface area contributed by atoms with Crippen LogP contribution in [0.25, 0.3) is 0 Å². The Morgan fingerprint density at radius 1 is 0.520 bits per heavy atom. The molecule has 0 heterocycles. The van der Waals surface area contributed by atoms with Gasteiger partial charge in [0.25, 0.3) is 0 Å². The summed E-state index contributed by atoms with van der Waals surface area (Å²) < 4.78 is 0. The second-order valence-corrected chi connectivity index (χ2v) is 4.10. The molecule has 0 aromatic carbocycles. The second-order valence-electron chi connectivity index (χ2n) is 4.10. The van der Waals surface area contributed by atoms with E-state index in [-0.39, 0.29) is 89.2 Å². The van der Waals surface area contributed by atoms with E-state index in [2.05, 4.69) is 0 Å². The van der Waals surface area contributed by atoms with Crippen LogP contribution >= 0.6 is 0 Å². The molecule has 0 aliphatic carbocycles. The maximum Gasteiger partial charge on any atom is 3.00 e. The summed E-state index contributed by atoms with van der Waals surface area (Å²) in [5.41, 5.74) is 0. The molecule has 0 unspecified atom stereocenters. The largest absolute Gasteiger partial charge is 3.00 e. The summed E-state index contributed by atoms with van der Waals surface area (Å²) >= 11 is 0. The Morgan fingerprint density at radius 2 is 0.640 bits per heavy atom. The zero-order valence-electron chi connectivity index (χ0n) is 15.0. The van der Waals surface area contributed by atoms with Crippen LogP contribution in [-0.4, -0.2) is 33.8 Å². The van der Waals surface area contributed by atoms with Crippen molar-refractivity contribution in [3.8, 4) is 0 Å². The third-order valence-corrected chi connectivity index (χ3v) is 1.22. The molecule has 0 amide bonds. The predicted molar refractivity (Wildman–Crippen MR) is 84.2 cm³/mol. The fourth-order valence-electron chi connectivity index (χ4n) is 0.859. The molecule has 0 aromatic heterocycles. The molecule has 6 N–H and O–H groups in total. The van der Waals surface area contributed by atoms with Gasteiger partial charge in [-0.05, 0) is 39.0 Å². The third-order valence-electron chi connectivity index (χ3n) is 1.22. The first-order valence-corrected chi connectivity index (χ1v) is 5.96. The van der Waals surface area contributed by atoms with Crippen LogP contribution in [-0.2, 0) is 14.4 Å². The van der Waals surface area contributed by atoms with E-state index < -0.39 is 0 Å². The molecule has 0 spiro atoms. The maximum atomic E-state index is 9.98. The van der Waals surface area contributed by atoms with Crippen LogP contribution in [0.2, 0.25) is 0 Å². The summed E-state index contributed by atoms with van der Waals surface area (Å²) in [6.07, 6.45) is 3.17. The van der Waals surface area contributed by atoms with Gasteiger partial charge >= 0.3 is 38.2 Å². The number of hydrogen-bond acceptors (Lipinski definition) is 6. The number of carbonyl (C=O) groups is 3. The van der Waals surface area contributed by atoms with E-state index in [9.17, 15) is 29.7 Å². The quantitative estimate of drug-likeness (QED) is 0.283. The van der Waals surface area contributed by atoms with Gasteiger partial charge in [0.05, 0.1) is 0 Å². The van der Waals surface area contributed by atoms with E-state index >= 15 is 0 Å². The van der Waals surface area contributed by atoms with Crippen LogP contribution in [0, 0.1) is 38.2 Å². The monoisotopic (exact) mass is 515 g/mol. The molecular weight excluding hydrogens is 487 g/mol. The Balaban J connectivity index is -0.0000000360. The molecule has 0 rings (SSSR count). The van der Waals surface area contributed by atoms with Gasteiger partial charge in [0.15, 0.2) is 17.3 Å². The summed E-state index contributed by atoms with van der Waals surface area (Å²) in [4.78, 5) is 29.9. The van der Waals surface area contributed by atoms with E-state index in [0.29, 0.717) is 0 Å². The van der Waals surface area contributed by atoms with E-state index in [1.807, 2.05) is 0 Å². The first-order valence-electron chi connectivity index (χ1n) is 5.96. The van der Waals surface area contributed by atoms with Crippen LogP contribution in [0.5, 0.6) is 0 Å². The van der Waals surface area contributed by atoms with Crippen molar-refractivity contribution < 1.29 is 84.3 Å². The van der Waals surface area contributed by atoms with Crippen molar-refractivity contribution in [3.63, 3.8) is 0 Å². The summed E-state index contributed by atoms with van der Waals surface area (Å²) in [7, 11) is 0. The van der Waals surface area contributed by atoms with Gasteiger partial charge in [-0.2, -0.15) is 0 Å². The van der Waals surface area contributed by atoms with Crippen molar-refractivity contribution in [3.05, 3.63) is 35.5 Å². The smallest absolute Gasteiger partial charge is 0.876 e. The molecule has 0 atom stereocenters. The standard InChI is InChI=1S/3C5H8O2.Dy.3H2O/c3*1-4(6)3-5(2)7;;;;/h3*3,6H,1-2H3;;3*1H2/q;;;+3;;;/p-3. The molecule has 0 aromatic rings. The van der Waals surface area contributed by atoms with Gasteiger partial charge < -0.3 is 31.7 Å². The molecule has 9 nitrogen and oxygen atoms in total. The molecule has 1 radical (unpaired) electrons. The minimum Gasteiger partial charge on any atom is -0.876 e. The Labute approximate surface area is 178 Å². The van der Waals surface area contributed by atoms with Gasteiger partial charge in [-0.3, -0.25) is 14.4 Å². The van der Waals surface area contributed by atoms with Crippen molar-refractivity contribution in [1.29, 1.82) is 0 Å². The topological polar surface area (TPSA) is 215 Å². The van der Waals surface area contributed by atoms with Crippen molar-refractivity contribution in [1.82, 2.24) is 0 Å². The minimum atomic E-state index is -0.187. The first-order chi connectivity index (χ1) is 9.38. The van der Waals surface area contributed by atoms with E-state index in [0.717, 1.165) is 18.2 Å². The summed E-state index contributed by atoms with van der Waals surface area (Å²) in [6, 6.07) is 0. The van der Waals surface area contributed by atoms with E-state index in [1.165, 1.54) is 41.5 Å². The Morgan fingerprint density at radius 3 is 0.640 bits per heavy atom. The zero-order chi connectivity index (χ0) is 17.6. The molecule has 10 heteroatoms. The molecule has 0 aliphatic heterocycles. The van der Waals surface area contributed by atoms with Crippen molar-refractivity contribution in [2.24, 2.45) is 0 Å². The fraction of sp³-hybridized carbons (Fsp3) is 0.400.